The number of nitrogens with two attached hydrogens (primary N) is 1. The Balaban J connectivity index is 1.76. The summed E-state index contributed by atoms with van der Waals surface area (Å²) in [5.74, 6) is 3.47. The molecule has 2 aromatic carbocycles. The van der Waals surface area contributed by atoms with E-state index in [0.29, 0.717) is 0 Å². The summed E-state index contributed by atoms with van der Waals surface area (Å²) in [4.78, 5) is 48.2. The van der Waals surface area contributed by atoms with Crippen LogP contribution in [0, 0.1) is 0 Å². The fraction of sp³-hybridized carbons (Fsp3) is 0.273. The summed E-state index contributed by atoms with van der Waals surface area (Å²) >= 11 is 0. The quantitative estimate of drug-likeness (QED) is 0.201. The summed E-state index contributed by atoms with van der Waals surface area (Å²) in [6, 6.07) is 16.3. The number of rotatable bonds is 10. The number of hydrogen-bond acceptors (Lipinski definition) is 6. The second-order valence-corrected chi connectivity index (χ2v) is 6.96. The van der Waals surface area contributed by atoms with Gasteiger partial charge in [0.2, 0.25) is 11.8 Å². The molecule has 0 spiro atoms. The molecule has 0 heterocycles. The van der Waals surface area contributed by atoms with Crippen molar-refractivity contribution in [1.29, 1.82) is 0 Å². The van der Waals surface area contributed by atoms with Crippen LogP contribution in [0.5, 0.6) is 0 Å². The predicted octanol–water partition coefficient (Wildman–Crippen LogP) is 0.135. The molecule has 2 rings (SSSR count). The predicted molar refractivity (Wildman–Crippen MR) is 117 cm³/mol. The summed E-state index contributed by atoms with van der Waals surface area (Å²) in [7, 11) is 0. The average Bonchev–Trinajstić information content (AvgIpc) is 2.81. The van der Waals surface area contributed by atoms with E-state index in [-0.39, 0.29) is 19.6 Å². The lowest BCUT2D eigenvalue weighted by atomic mass is 10.1. The standard InChI is InChI=1S/C22H27N5O5/c1-15(25-22(31)32-14-17-10-6-3-7-11-17)20(29)24-13-19(28)26-18(21(30)27-23)12-16-8-4-2-5-9-16/h2-11,15,18H,12-14,23H2,1H3,(H,24,29)(H,25,31)(H,26,28)(H,27,30)/t15-,18+/m1/s1. The first kappa shape index (κ1) is 24.4. The molecule has 0 bridgehead atoms. The summed E-state index contributed by atoms with van der Waals surface area (Å²) < 4.78 is 5.06. The van der Waals surface area contributed by atoms with E-state index in [9.17, 15) is 19.2 Å². The highest BCUT2D eigenvalue weighted by Crippen LogP contribution is 2.03. The minimum Gasteiger partial charge on any atom is -0.445 e. The van der Waals surface area contributed by atoms with E-state index in [4.69, 9.17) is 10.6 Å². The summed E-state index contributed by atoms with van der Waals surface area (Å²) in [6.45, 7) is 1.14. The van der Waals surface area contributed by atoms with Gasteiger partial charge in [0.1, 0.15) is 18.7 Å². The van der Waals surface area contributed by atoms with Gasteiger partial charge >= 0.3 is 6.09 Å². The van der Waals surface area contributed by atoms with E-state index in [1.165, 1.54) is 6.92 Å². The fourth-order valence-corrected chi connectivity index (χ4v) is 2.73. The van der Waals surface area contributed by atoms with Gasteiger partial charge in [-0.15, -0.1) is 0 Å². The Kier molecular flexibility index (Phi) is 9.67. The van der Waals surface area contributed by atoms with Gasteiger partial charge in [-0.3, -0.25) is 19.8 Å². The van der Waals surface area contributed by atoms with Crippen LogP contribution in [0.1, 0.15) is 18.1 Å². The third-order valence-electron chi connectivity index (χ3n) is 4.44. The van der Waals surface area contributed by atoms with Crippen LogP contribution in [-0.2, 0) is 32.1 Å². The summed E-state index contributed by atoms with van der Waals surface area (Å²) in [5.41, 5.74) is 3.66. The average molecular weight is 441 g/mol. The third kappa shape index (κ3) is 8.44. The van der Waals surface area contributed by atoms with Crippen LogP contribution in [0.15, 0.2) is 60.7 Å². The second-order valence-electron chi connectivity index (χ2n) is 6.96. The molecule has 6 N–H and O–H groups in total. The van der Waals surface area contributed by atoms with Gasteiger partial charge in [0.15, 0.2) is 0 Å². The fourth-order valence-electron chi connectivity index (χ4n) is 2.73. The van der Waals surface area contributed by atoms with Crippen LogP contribution in [0.2, 0.25) is 0 Å². The Labute approximate surface area is 185 Å². The highest BCUT2D eigenvalue weighted by Gasteiger charge is 2.22. The molecule has 0 saturated carbocycles. The van der Waals surface area contributed by atoms with Crippen molar-refractivity contribution in [2.45, 2.75) is 32.0 Å². The van der Waals surface area contributed by atoms with Crippen molar-refractivity contribution in [3.8, 4) is 0 Å². The summed E-state index contributed by atoms with van der Waals surface area (Å²) in [6.07, 6.45) is -0.530. The SMILES string of the molecule is C[C@@H](NC(=O)OCc1ccccc1)C(=O)NCC(=O)N[C@@H](Cc1ccccc1)C(=O)NN. The van der Waals surface area contributed by atoms with E-state index in [1.54, 1.807) is 12.1 Å². The van der Waals surface area contributed by atoms with Crippen molar-refractivity contribution in [3.05, 3.63) is 71.8 Å². The van der Waals surface area contributed by atoms with Gasteiger partial charge in [-0.25, -0.2) is 10.6 Å². The Morgan fingerprint density at radius 2 is 1.47 bits per heavy atom. The maximum atomic E-state index is 12.2. The zero-order valence-corrected chi connectivity index (χ0v) is 17.7. The number of hydrogen-bond donors (Lipinski definition) is 5. The molecule has 0 saturated heterocycles. The molecule has 0 aliphatic carbocycles. The van der Waals surface area contributed by atoms with Crippen LogP contribution in [0.3, 0.4) is 0 Å². The molecule has 170 valence electrons. The van der Waals surface area contributed by atoms with Gasteiger partial charge in [0, 0.05) is 6.42 Å². The van der Waals surface area contributed by atoms with Crippen molar-refractivity contribution in [3.63, 3.8) is 0 Å². The monoisotopic (exact) mass is 441 g/mol. The van der Waals surface area contributed by atoms with E-state index in [1.807, 2.05) is 54.0 Å². The molecule has 0 aromatic heterocycles. The van der Waals surface area contributed by atoms with Gasteiger partial charge in [-0.2, -0.15) is 0 Å². The van der Waals surface area contributed by atoms with E-state index >= 15 is 0 Å². The highest BCUT2D eigenvalue weighted by atomic mass is 16.5. The van der Waals surface area contributed by atoms with Gasteiger partial charge in [0.25, 0.3) is 5.91 Å². The Bertz CT molecular complexity index is 907. The first-order valence-corrected chi connectivity index (χ1v) is 9.97. The van der Waals surface area contributed by atoms with Crippen molar-refractivity contribution in [2.24, 2.45) is 5.84 Å². The second kappa shape index (κ2) is 12.7. The topological polar surface area (TPSA) is 152 Å². The smallest absolute Gasteiger partial charge is 0.408 e. The Morgan fingerprint density at radius 1 is 0.875 bits per heavy atom. The van der Waals surface area contributed by atoms with Crippen LogP contribution >= 0.6 is 0 Å². The molecule has 10 nitrogen and oxygen atoms in total. The molecule has 0 aliphatic heterocycles. The first-order chi connectivity index (χ1) is 15.4. The lowest BCUT2D eigenvalue weighted by Crippen LogP contribution is -2.53. The Hall–Kier alpha value is -3.92. The normalized spacial score (nSPS) is 12.1. The maximum absolute atomic E-state index is 12.2. The lowest BCUT2D eigenvalue weighted by molar-refractivity contribution is -0.130. The molecule has 2 aromatic rings. The maximum Gasteiger partial charge on any atom is 0.408 e. The molecule has 2 atom stereocenters. The van der Waals surface area contributed by atoms with Crippen molar-refractivity contribution in [1.82, 2.24) is 21.4 Å². The molecule has 10 heteroatoms. The largest absolute Gasteiger partial charge is 0.445 e. The van der Waals surface area contributed by atoms with E-state index in [0.717, 1.165) is 11.1 Å². The van der Waals surface area contributed by atoms with Crippen molar-refractivity contribution in [2.75, 3.05) is 6.54 Å². The molecule has 32 heavy (non-hydrogen) atoms. The van der Waals surface area contributed by atoms with Gasteiger partial charge in [-0.05, 0) is 18.1 Å². The molecule has 0 radical (unpaired) electrons. The number of amides is 4. The molecular weight excluding hydrogens is 414 g/mol. The van der Waals surface area contributed by atoms with Gasteiger partial charge in [0.05, 0.1) is 6.54 Å². The van der Waals surface area contributed by atoms with Crippen LogP contribution in [-0.4, -0.2) is 42.4 Å². The van der Waals surface area contributed by atoms with Crippen molar-refractivity contribution >= 4 is 23.8 Å². The molecule has 0 aliphatic rings. The number of carbonyl (C=O) groups excluding carboxylic acids is 4. The van der Waals surface area contributed by atoms with E-state index in [2.05, 4.69) is 16.0 Å². The minimum atomic E-state index is -0.932. The van der Waals surface area contributed by atoms with Gasteiger partial charge < -0.3 is 20.7 Å². The van der Waals surface area contributed by atoms with Crippen LogP contribution < -0.4 is 27.2 Å². The Morgan fingerprint density at radius 3 is 2.06 bits per heavy atom. The zero-order chi connectivity index (χ0) is 23.3. The van der Waals surface area contributed by atoms with Crippen LogP contribution in [0.25, 0.3) is 0 Å². The number of benzene rings is 2. The molecule has 0 fully saturated rings. The molecule has 0 unspecified atom stereocenters. The summed E-state index contributed by atoms with van der Waals surface area (Å²) in [5, 5.41) is 7.32. The van der Waals surface area contributed by atoms with Gasteiger partial charge in [-0.1, -0.05) is 60.7 Å². The third-order valence-corrected chi connectivity index (χ3v) is 4.44. The number of carbonyl (C=O) groups is 4. The lowest BCUT2D eigenvalue weighted by Gasteiger charge is -2.18. The van der Waals surface area contributed by atoms with Crippen LogP contribution in [0.4, 0.5) is 4.79 Å². The zero-order valence-electron chi connectivity index (χ0n) is 17.7. The number of hydrazine groups is 1. The molecular formula is C22H27N5O5. The van der Waals surface area contributed by atoms with E-state index < -0.39 is 35.9 Å². The minimum absolute atomic E-state index is 0.0649. The molecule has 4 amide bonds. The number of nitrogens with one attached hydrogen (secondary N) is 4. The number of ether oxygens (including phenoxy) is 1. The highest BCUT2D eigenvalue weighted by molar-refractivity contribution is 5.91. The van der Waals surface area contributed by atoms with Crippen molar-refractivity contribution < 1.29 is 23.9 Å². The number of alkyl carbamates (subject to hydrolysis) is 1. The first-order valence-electron chi connectivity index (χ1n) is 9.97.